The Morgan fingerprint density at radius 1 is 1.38 bits per heavy atom. The van der Waals surface area contributed by atoms with E-state index in [1.165, 1.54) is 0 Å². The van der Waals surface area contributed by atoms with Crippen molar-refractivity contribution < 1.29 is 4.57 Å². The van der Waals surface area contributed by atoms with E-state index in [9.17, 15) is 0 Å². The van der Waals surface area contributed by atoms with E-state index in [1.807, 2.05) is 25.9 Å². The second kappa shape index (κ2) is 4.63. The predicted octanol–water partition coefficient (Wildman–Crippen LogP) is 1.72. The van der Waals surface area contributed by atoms with Gasteiger partial charge in [0.15, 0.2) is 11.8 Å². The number of hydrogen-bond acceptors (Lipinski definition) is 4. The third-order valence-corrected chi connectivity index (χ3v) is 3.93. The van der Waals surface area contributed by atoms with Crippen molar-refractivity contribution in [2.45, 2.75) is 23.7 Å². The van der Waals surface area contributed by atoms with Crippen molar-refractivity contribution in [2.75, 3.05) is 12.5 Å². The van der Waals surface area contributed by atoms with Gasteiger partial charge in [-0.1, -0.05) is 28.5 Å². The highest BCUT2D eigenvalue weighted by molar-refractivity contribution is 7.99. The van der Waals surface area contributed by atoms with E-state index in [0.717, 1.165) is 27.9 Å². The molecule has 0 N–H and O–H groups in total. The first-order valence-electron chi connectivity index (χ1n) is 5.05. The van der Waals surface area contributed by atoms with Crippen LogP contribution in [0.3, 0.4) is 0 Å². The van der Waals surface area contributed by atoms with Crippen LogP contribution < -0.4 is 4.57 Å². The maximum atomic E-state index is 4.60. The fourth-order valence-corrected chi connectivity index (χ4v) is 2.86. The number of aromatic nitrogens is 4. The van der Waals surface area contributed by atoms with Gasteiger partial charge >= 0.3 is 0 Å². The van der Waals surface area contributed by atoms with E-state index in [1.54, 1.807) is 23.5 Å². The molecule has 2 aromatic rings. The van der Waals surface area contributed by atoms with Gasteiger partial charge in [0.1, 0.15) is 0 Å². The summed E-state index contributed by atoms with van der Waals surface area (Å²) in [6.07, 6.45) is 5.97. The van der Waals surface area contributed by atoms with Gasteiger partial charge in [-0.25, -0.2) is 14.1 Å². The molecule has 0 aliphatic heterocycles. The third-order valence-electron chi connectivity index (χ3n) is 2.53. The topological polar surface area (TPSA) is 34.6 Å². The number of rotatable bonds is 3. The number of fused-ring (bicyclic) bond motifs is 1. The van der Waals surface area contributed by atoms with Crippen molar-refractivity contribution in [3.63, 3.8) is 0 Å². The quantitative estimate of drug-likeness (QED) is 0.362. The number of nitrogens with zero attached hydrogens (tertiary/aromatic N) is 4. The van der Waals surface area contributed by atoms with Gasteiger partial charge in [0.05, 0.1) is 13.6 Å². The van der Waals surface area contributed by atoms with Gasteiger partial charge in [0, 0.05) is 0 Å². The molecule has 0 spiro atoms. The number of thioether (sulfide) groups is 2. The average molecular weight is 255 g/mol. The van der Waals surface area contributed by atoms with Crippen LogP contribution in [0.1, 0.15) is 6.92 Å². The van der Waals surface area contributed by atoms with E-state index in [4.69, 9.17) is 0 Å². The Labute approximate surface area is 103 Å². The Morgan fingerprint density at radius 3 is 2.69 bits per heavy atom. The highest BCUT2D eigenvalue weighted by atomic mass is 32.2. The molecular formula is C10H15N4S2+. The van der Waals surface area contributed by atoms with Gasteiger partial charge in [-0.3, -0.25) is 0 Å². The van der Waals surface area contributed by atoms with Crippen LogP contribution in [0.15, 0.2) is 16.5 Å². The summed E-state index contributed by atoms with van der Waals surface area (Å²) in [6, 6.07) is 0. The molecule has 86 valence electrons. The van der Waals surface area contributed by atoms with Crippen LogP contribution in [0.2, 0.25) is 0 Å². The van der Waals surface area contributed by atoms with Crippen LogP contribution in [-0.2, 0) is 13.6 Å². The average Bonchev–Trinajstić information content (AvgIpc) is 2.74. The molecule has 0 fully saturated rings. The van der Waals surface area contributed by atoms with Crippen molar-refractivity contribution in [1.29, 1.82) is 0 Å². The first-order chi connectivity index (χ1) is 7.72. The van der Waals surface area contributed by atoms with E-state index >= 15 is 0 Å². The minimum absolute atomic E-state index is 0.927. The van der Waals surface area contributed by atoms with Gasteiger partial charge < -0.3 is 0 Å². The molecule has 0 unspecified atom stereocenters. The van der Waals surface area contributed by atoms with Crippen molar-refractivity contribution in [3.05, 3.63) is 6.33 Å². The first kappa shape index (κ1) is 11.7. The molecule has 2 aromatic heterocycles. The minimum atomic E-state index is 0.927. The number of hydrogen-bond donors (Lipinski definition) is 0. The molecule has 2 heterocycles. The maximum Gasteiger partial charge on any atom is 0.299 e. The molecule has 6 heteroatoms. The second-order valence-electron chi connectivity index (χ2n) is 3.37. The van der Waals surface area contributed by atoms with Gasteiger partial charge in [0.25, 0.3) is 10.8 Å². The maximum absolute atomic E-state index is 4.60. The molecule has 0 radical (unpaired) electrons. The Bertz CT molecular complexity index is 521. The highest BCUT2D eigenvalue weighted by Gasteiger charge is 2.21. The molecule has 4 nitrogen and oxygen atoms in total. The zero-order valence-electron chi connectivity index (χ0n) is 9.89. The molecule has 2 rings (SSSR count). The van der Waals surface area contributed by atoms with Crippen molar-refractivity contribution >= 4 is 34.7 Å². The lowest BCUT2D eigenvalue weighted by molar-refractivity contribution is -0.690. The van der Waals surface area contributed by atoms with Crippen LogP contribution >= 0.6 is 23.5 Å². The van der Waals surface area contributed by atoms with E-state index in [0.29, 0.717) is 0 Å². The molecule has 0 aliphatic rings. The first-order valence-corrected chi connectivity index (χ1v) is 7.50. The summed E-state index contributed by atoms with van der Waals surface area (Å²) in [7, 11) is 2.04. The van der Waals surface area contributed by atoms with Crippen LogP contribution in [-0.4, -0.2) is 27.0 Å². The summed E-state index contributed by atoms with van der Waals surface area (Å²) in [5, 5.41) is 2.02. The Hall–Kier alpha value is -0.750. The van der Waals surface area contributed by atoms with E-state index in [-0.39, 0.29) is 0 Å². The third kappa shape index (κ3) is 1.69. The second-order valence-corrected chi connectivity index (χ2v) is 4.94. The monoisotopic (exact) mass is 255 g/mol. The summed E-state index contributed by atoms with van der Waals surface area (Å²) in [5.41, 5.74) is 2.14. The van der Waals surface area contributed by atoms with Crippen LogP contribution in [0.25, 0.3) is 11.2 Å². The van der Waals surface area contributed by atoms with Gasteiger partial charge in [-0.2, -0.15) is 0 Å². The van der Waals surface area contributed by atoms with Crippen LogP contribution in [0.4, 0.5) is 0 Å². The molecule has 0 aromatic carbocycles. The lowest BCUT2D eigenvalue weighted by atomic mass is 10.5. The van der Waals surface area contributed by atoms with Crippen LogP contribution in [0.5, 0.6) is 0 Å². The number of aryl methyl sites for hydroxylation is 2. The zero-order chi connectivity index (χ0) is 11.7. The van der Waals surface area contributed by atoms with Crippen molar-refractivity contribution in [2.24, 2.45) is 7.05 Å². The van der Waals surface area contributed by atoms with Gasteiger partial charge in [0.2, 0.25) is 5.03 Å². The summed E-state index contributed by atoms with van der Waals surface area (Å²) >= 11 is 3.31. The zero-order valence-corrected chi connectivity index (χ0v) is 11.5. The SMILES string of the molecule is CCn1cnc2c(SC)nc(SC)[n+](C)c21. The minimum Gasteiger partial charge on any atom is -0.248 e. The smallest absolute Gasteiger partial charge is 0.248 e. The van der Waals surface area contributed by atoms with E-state index in [2.05, 4.69) is 26.0 Å². The predicted molar refractivity (Wildman–Crippen MR) is 67.9 cm³/mol. The molecule has 16 heavy (non-hydrogen) atoms. The Kier molecular flexibility index (Phi) is 3.39. The molecule has 0 aliphatic carbocycles. The highest BCUT2D eigenvalue weighted by Crippen LogP contribution is 2.23. The Balaban J connectivity index is 2.83. The lowest BCUT2D eigenvalue weighted by Crippen LogP contribution is -2.35. The summed E-state index contributed by atoms with van der Waals surface area (Å²) in [5.74, 6) is 0. The Morgan fingerprint density at radius 2 is 2.12 bits per heavy atom. The van der Waals surface area contributed by atoms with Crippen molar-refractivity contribution in [3.8, 4) is 0 Å². The summed E-state index contributed by atoms with van der Waals surface area (Å²) in [4.78, 5) is 9.04. The molecular weight excluding hydrogens is 240 g/mol. The fraction of sp³-hybridized carbons (Fsp3) is 0.500. The molecule has 0 atom stereocenters. The largest absolute Gasteiger partial charge is 0.299 e. The summed E-state index contributed by atoms with van der Waals surface area (Å²) < 4.78 is 4.26. The lowest BCUT2D eigenvalue weighted by Gasteiger charge is -2.03. The molecule has 0 amide bonds. The standard InChI is InChI=1S/C10H15N4S2/c1-5-14-6-11-7-8(15-3)12-10(16-4)13(2)9(7)14/h6H,5H2,1-4H3/q+1. The molecule has 0 saturated heterocycles. The molecule has 0 bridgehead atoms. The number of imidazole rings is 1. The van der Waals surface area contributed by atoms with E-state index < -0.39 is 0 Å². The van der Waals surface area contributed by atoms with Crippen LogP contribution in [0, 0.1) is 0 Å². The summed E-state index contributed by atoms with van der Waals surface area (Å²) in [6.45, 7) is 3.05. The van der Waals surface area contributed by atoms with Crippen molar-refractivity contribution in [1.82, 2.24) is 14.5 Å². The normalized spacial score (nSPS) is 11.2. The molecule has 0 saturated carbocycles. The van der Waals surface area contributed by atoms with Gasteiger partial charge in [-0.15, -0.1) is 0 Å². The van der Waals surface area contributed by atoms with Gasteiger partial charge in [-0.05, 0) is 19.4 Å². The fourth-order valence-electron chi connectivity index (χ4n) is 1.74.